The summed E-state index contributed by atoms with van der Waals surface area (Å²) < 4.78 is 1.57. The maximum Gasteiger partial charge on any atom is 0.326 e. The number of aliphatic hydroxyl groups excluding tert-OH is 1. The standard InChI is InChI=1S/C17H20N8O3/c26-8-11-2-1-5-24(11)15-21-13-9(6-12-14(27)22-17(28)20-12)7-18-25(13)16(23-15)19-10-3-4-10/h6-7,10-11,26-27H,1-5,8H2,(H2,20,22,28)/b9-6+,19-16?/t11-/m1/s1. The zero-order valence-corrected chi connectivity index (χ0v) is 15.0. The third-order valence-corrected chi connectivity index (χ3v) is 5.09. The van der Waals surface area contributed by atoms with Gasteiger partial charge in [0.2, 0.25) is 11.8 Å². The number of rotatable bonds is 4. The molecule has 0 amide bonds. The van der Waals surface area contributed by atoms with E-state index >= 15 is 0 Å². The van der Waals surface area contributed by atoms with Crippen molar-refractivity contribution in [2.75, 3.05) is 18.1 Å². The van der Waals surface area contributed by atoms with E-state index < -0.39 is 5.69 Å². The molecule has 28 heavy (non-hydrogen) atoms. The number of aromatic amines is 2. The summed E-state index contributed by atoms with van der Waals surface area (Å²) in [6.07, 6.45) is 7.10. The van der Waals surface area contributed by atoms with Gasteiger partial charge in [-0.2, -0.15) is 19.6 Å². The average Bonchev–Trinajstić information content (AvgIpc) is 3.08. The highest BCUT2D eigenvalue weighted by Crippen LogP contribution is 2.23. The van der Waals surface area contributed by atoms with E-state index in [1.165, 1.54) is 0 Å². The van der Waals surface area contributed by atoms with Crippen molar-refractivity contribution in [2.45, 2.75) is 37.8 Å². The highest BCUT2D eigenvalue weighted by Gasteiger charge is 2.27. The minimum atomic E-state index is -0.497. The van der Waals surface area contributed by atoms with Gasteiger partial charge >= 0.3 is 5.69 Å². The van der Waals surface area contributed by atoms with Gasteiger partial charge in [-0.1, -0.05) is 0 Å². The van der Waals surface area contributed by atoms with E-state index in [1.54, 1.807) is 16.8 Å². The number of nitrogens with one attached hydrogen (secondary N) is 2. The second-order valence-electron chi connectivity index (χ2n) is 7.18. The molecule has 1 saturated carbocycles. The third kappa shape index (κ3) is 2.93. The third-order valence-electron chi connectivity index (χ3n) is 5.09. The van der Waals surface area contributed by atoms with Crippen LogP contribution >= 0.6 is 0 Å². The number of hydrogen-bond donors (Lipinski definition) is 4. The molecule has 0 aromatic carbocycles. The molecule has 0 bridgehead atoms. The maximum atomic E-state index is 11.4. The average molecular weight is 384 g/mol. The Morgan fingerprint density at radius 3 is 2.86 bits per heavy atom. The first-order valence-electron chi connectivity index (χ1n) is 9.32. The summed E-state index contributed by atoms with van der Waals surface area (Å²) in [5.74, 6) is 0.256. The van der Waals surface area contributed by atoms with Crippen LogP contribution in [0.4, 0.5) is 5.95 Å². The van der Waals surface area contributed by atoms with Crippen molar-refractivity contribution in [2.24, 2.45) is 4.99 Å². The van der Waals surface area contributed by atoms with E-state index in [-0.39, 0.29) is 30.3 Å². The van der Waals surface area contributed by atoms with Crippen molar-refractivity contribution in [1.29, 1.82) is 0 Å². The summed E-state index contributed by atoms with van der Waals surface area (Å²) in [5, 5.41) is 24.5. The van der Waals surface area contributed by atoms with Crippen LogP contribution < -0.4 is 21.4 Å². The number of aromatic hydroxyl groups is 1. The molecule has 11 heteroatoms. The molecule has 2 aliphatic rings. The number of aromatic nitrogens is 6. The molecular weight excluding hydrogens is 364 g/mol. The first-order valence-corrected chi connectivity index (χ1v) is 9.32. The van der Waals surface area contributed by atoms with E-state index in [2.05, 4.69) is 30.0 Å². The van der Waals surface area contributed by atoms with E-state index in [0.29, 0.717) is 22.4 Å². The summed E-state index contributed by atoms with van der Waals surface area (Å²) in [6.45, 7) is 0.809. The van der Waals surface area contributed by atoms with Crippen LogP contribution in [0.25, 0.3) is 11.7 Å². The quantitative estimate of drug-likeness (QED) is 0.424. The summed E-state index contributed by atoms with van der Waals surface area (Å²) in [4.78, 5) is 32.1. The lowest BCUT2D eigenvalue weighted by Crippen LogP contribution is -2.36. The van der Waals surface area contributed by atoms with Crippen LogP contribution in [0.2, 0.25) is 0 Å². The molecule has 1 atom stereocenters. The van der Waals surface area contributed by atoms with Gasteiger partial charge in [0.1, 0.15) is 5.69 Å². The first-order chi connectivity index (χ1) is 13.6. The van der Waals surface area contributed by atoms with E-state index in [0.717, 1.165) is 32.2 Å². The molecule has 146 valence electrons. The molecule has 4 N–H and O–H groups in total. The van der Waals surface area contributed by atoms with Crippen molar-refractivity contribution in [1.82, 2.24) is 29.5 Å². The number of fused-ring (bicyclic) bond motifs is 1. The fourth-order valence-electron chi connectivity index (χ4n) is 3.49. The maximum absolute atomic E-state index is 11.4. The number of imidazole rings is 1. The molecule has 2 fully saturated rings. The van der Waals surface area contributed by atoms with Gasteiger partial charge in [-0.3, -0.25) is 4.98 Å². The molecule has 1 aliphatic heterocycles. The molecule has 11 nitrogen and oxygen atoms in total. The Labute approximate surface area is 158 Å². The predicted octanol–water partition coefficient (Wildman–Crippen LogP) is -1.58. The number of aliphatic hydroxyl groups is 1. The molecular formula is C17H20N8O3. The summed E-state index contributed by atoms with van der Waals surface area (Å²) >= 11 is 0. The zero-order valence-electron chi connectivity index (χ0n) is 15.0. The Hall–Kier alpha value is -3.21. The Morgan fingerprint density at radius 2 is 2.14 bits per heavy atom. The fourth-order valence-corrected chi connectivity index (χ4v) is 3.49. The van der Waals surface area contributed by atoms with Crippen LogP contribution in [0.15, 0.2) is 16.0 Å². The molecule has 1 saturated heterocycles. The van der Waals surface area contributed by atoms with Gasteiger partial charge < -0.3 is 20.1 Å². The minimum absolute atomic E-state index is 0.0170. The second-order valence-corrected chi connectivity index (χ2v) is 7.18. The van der Waals surface area contributed by atoms with Crippen molar-refractivity contribution < 1.29 is 10.2 Å². The van der Waals surface area contributed by atoms with Crippen molar-refractivity contribution in [3.63, 3.8) is 0 Å². The van der Waals surface area contributed by atoms with Crippen molar-refractivity contribution >= 4 is 17.7 Å². The number of nitrogens with zero attached hydrogens (tertiary/aromatic N) is 6. The van der Waals surface area contributed by atoms with Crippen LogP contribution in [0.1, 0.15) is 31.4 Å². The predicted molar refractivity (Wildman–Crippen MR) is 98.7 cm³/mol. The molecule has 0 unspecified atom stereocenters. The lowest BCUT2D eigenvalue weighted by Gasteiger charge is -2.22. The topological polar surface area (TPSA) is 148 Å². The van der Waals surface area contributed by atoms with E-state index in [4.69, 9.17) is 0 Å². The monoisotopic (exact) mass is 384 g/mol. The summed E-state index contributed by atoms with van der Waals surface area (Å²) in [5.41, 5.74) is 0.741. The fraction of sp³-hybridized carbons (Fsp3) is 0.471. The number of H-pyrrole nitrogens is 2. The van der Waals surface area contributed by atoms with Gasteiger partial charge in [-0.25, -0.2) is 9.79 Å². The van der Waals surface area contributed by atoms with Crippen LogP contribution in [-0.2, 0) is 0 Å². The van der Waals surface area contributed by atoms with Crippen molar-refractivity contribution in [3.05, 3.63) is 33.2 Å². The van der Waals surface area contributed by atoms with Gasteiger partial charge in [0.05, 0.1) is 24.9 Å². The Kier molecular flexibility index (Phi) is 3.90. The van der Waals surface area contributed by atoms with Crippen LogP contribution in [0.5, 0.6) is 5.88 Å². The molecule has 1 aliphatic carbocycles. The van der Waals surface area contributed by atoms with Gasteiger partial charge in [-0.15, -0.1) is 0 Å². The minimum Gasteiger partial charge on any atom is -0.493 e. The lowest BCUT2D eigenvalue weighted by molar-refractivity contribution is 0.265. The molecule has 4 heterocycles. The van der Waals surface area contributed by atoms with Crippen molar-refractivity contribution in [3.8, 4) is 5.88 Å². The van der Waals surface area contributed by atoms with E-state index in [9.17, 15) is 15.0 Å². The van der Waals surface area contributed by atoms with Gasteiger partial charge in [0.25, 0.3) is 5.62 Å². The first kappa shape index (κ1) is 16.9. The summed E-state index contributed by atoms with van der Waals surface area (Å²) in [7, 11) is 0. The highest BCUT2D eigenvalue weighted by molar-refractivity contribution is 5.57. The molecule has 3 aromatic heterocycles. The molecule has 5 rings (SSSR count). The molecule has 3 aromatic rings. The largest absolute Gasteiger partial charge is 0.493 e. The smallest absolute Gasteiger partial charge is 0.326 e. The van der Waals surface area contributed by atoms with Gasteiger partial charge in [0, 0.05) is 11.8 Å². The Bertz CT molecular complexity index is 1210. The second kappa shape index (κ2) is 6.44. The van der Waals surface area contributed by atoms with Crippen LogP contribution in [0.3, 0.4) is 0 Å². The Morgan fingerprint density at radius 1 is 1.29 bits per heavy atom. The lowest BCUT2D eigenvalue weighted by atomic mass is 10.2. The number of hydrogen-bond acceptors (Lipinski definition) is 8. The summed E-state index contributed by atoms with van der Waals surface area (Å²) in [6, 6.07) is 0.233. The zero-order chi connectivity index (χ0) is 19.3. The van der Waals surface area contributed by atoms with E-state index in [1.807, 2.05) is 4.90 Å². The van der Waals surface area contributed by atoms with Crippen LogP contribution in [-0.4, -0.2) is 65.0 Å². The Balaban J connectivity index is 1.72. The van der Waals surface area contributed by atoms with Gasteiger partial charge in [0.15, 0.2) is 5.65 Å². The SMILES string of the molecule is O=c1[nH]c(O)c(/C=c2\cnn3c(=NC4CC4)nc(N4CCC[C@@H]4CO)nc23)[nH]1. The normalized spacial score (nSPS) is 21.3. The number of anilines is 1. The van der Waals surface area contributed by atoms with Crippen LogP contribution in [0, 0.1) is 0 Å². The highest BCUT2D eigenvalue weighted by atomic mass is 16.3. The molecule has 0 spiro atoms. The van der Waals surface area contributed by atoms with Gasteiger partial charge in [-0.05, 0) is 31.8 Å². The molecule has 0 radical (unpaired) electrons.